The molecule has 0 fully saturated rings. The Morgan fingerprint density at radius 3 is 1.23 bits per heavy atom. The summed E-state index contributed by atoms with van der Waals surface area (Å²) in [6.07, 6.45) is 0. The molecule has 0 aliphatic heterocycles. The molecular formula is C54H44N6. The van der Waals surface area contributed by atoms with Gasteiger partial charge in [0, 0.05) is 27.1 Å². The van der Waals surface area contributed by atoms with Gasteiger partial charge in [-0.05, 0) is 136 Å². The Balaban J connectivity index is 1.35. The summed E-state index contributed by atoms with van der Waals surface area (Å²) in [5.41, 5.74) is 19.1. The van der Waals surface area contributed by atoms with Gasteiger partial charge >= 0.3 is 0 Å². The fourth-order valence-electron chi connectivity index (χ4n) is 9.99. The van der Waals surface area contributed by atoms with E-state index in [-0.39, 0.29) is 0 Å². The number of hydrogen-bond donors (Lipinski definition) is 0. The topological polar surface area (TPSA) is 72.3 Å². The molecule has 6 heteroatoms. The lowest BCUT2D eigenvalue weighted by molar-refractivity contribution is 0.927. The van der Waals surface area contributed by atoms with Gasteiger partial charge in [0.25, 0.3) is 0 Å². The van der Waals surface area contributed by atoms with E-state index in [4.69, 9.17) is 9.97 Å². The molecule has 60 heavy (non-hydrogen) atoms. The van der Waals surface area contributed by atoms with Crippen molar-refractivity contribution in [2.24, 2.45) is 0 Å². The van der Waals surface area contributed by atoms with Crippen molar-refractivity contribution in [2.45, 2.75) is 55.4 Å². The maximum absolute atomic E-state index is 11.6. The van der Waals surface area contributed by atoms with Crippen LogP contribution in [0, 0.1) is 66.7 Å². The predicted octanol–water partition coefficient (Wildman–Crippen LogP) is 13.4. The third kappa shape index (κ3) is 5.80. The Bertz CT molecular complexity index is 3220. The zero-order valence-corrected chi connectivity index (χ0v) is 35.2. The van der Waals surface area contributed by atoms with E-state index in [2.05, 4.69) is 183 Å². The van der Waals surface area contributed by atoms with E-state index in [9.17, 15) is 5.26 Å². The van der Waals surface area contributed by atoms with Crippen molar-refractivity contribution < 1.29 is 0 Å². The number of nitrogens with zero attached hydrogens (tertiary/aromatic N) is 6. The van der Waals surface area contributed by atoms with E-state index in [1.165, 1.54) is 44.5 Å². The highest BCUT2D eigenvalue weighted by Gasteiger charge is 2.24. The molecule has 0 amide bonds. The largest absolute Gasteiger partial charge is 0.308 e. The molecule has 0 N–H and O–H groups in total. The number of fused-ring (bicyclic) bond motifs is 6. The van der Waals surface area contributed by atoms with E-state index >= 15 is 0 Å². The molecule has 3 aromatic heterocycles. The summed E-state index contributed by atoms with van der Waals surface area (Å²) in [5, 5.41) is 16.0. The van der Waals surface area contributed by atoms with Crippen molar-refractivity contribution in [1.29, 1.82) is 5.26 Å². The highest BCUT2D eigenvalue weighted by Crippen LogP contribution is 2.42. The summed E-state index contributed by atoms with van der Waals surface area (Å²) in [6, 6.07) is 46.5. The molecule has 0 radical (unpaired) electrons. The number of aromatic nitrogens is 5. The fourth-order valence-corrected chi connectivity index (χ4v) is 9.99. The summed E-state index contributed by atoms with van der Waals surface area (Å²) in [7, 11) is 0. The molecule has 0 unspecified atom stereocenters. The summed E-state index contributed by atoms with van der Waals surface area (Å²) in [5.74, 6) is 1.84. The second kappa shape index (κ2) is 13.9. The molecule has 0 atom stereocenters. The molecule has 10 rings (SSSR count). The van der Waals surface area contributed by atoms with Gasteiger partial charge in [0.2, 0.25) is 0 Å². The average Bonchev–Trinajstić information content (AvgIpc) is 3.71. The molecule has 7 aromatic carbocycles. The van der Waals surface area contributed by atoms with Crippen molar-refractivity contribution in [3.8, 4) is 51.1 Å². The molecule has 3 heterocycles. The van der Waals surface area contributed by atoms with Gasteiger partial charge in [-0.3, -0.25) is 0 Å². The van der Waals surface area contributed by atoms with Crippen LogP contribution in [0.3, 0.4) is 0 Å². The van der Waals surface area contributed by atoms with Gasteiger partial charge in [0.1, 0.15) is 23.3 Å². The van der Waals surface area contributed by atoms with Gasteiger partial charge < -0.3 is 9.13 Å². The van der Waals surface area contributed by atoms with Crippen molar-refractivity contribution in [2.75, 3.05) is 0 Å². The summed E-state index contributed by atoms with van der Waals surface area (Å²) in [4.78, 5) is 14.3. The van der Waals surface area contributed by atoms with Gasteiger partial charge in [-0.25, -0.2) is 15.0 Å². The number of hydrogen-bond acceptors (Lipinski definition) is 4. The molecule has 0 saturated carbocycles. The fraction of sp³-hybridized carbons (Fsp3) is 0.148. The van der Waals surface area contributed by atoms with Crippen LogP contribution in [-0.4, -0.2) is 24.1 Å². The zero-order valence-electron chi connectivity index (χ0n) is 35.2. The standard InChI is InChI=1S/C54H44N6/c1-30-21-32(3)52(33(4)22-30)38-17-19-43-41-13-9-11-15-46(41)59(48(43)25-38)50-27-40(54-57-36(7)56-37(8)58-54)28-51(45(50)29-55)60-47-16-12-10-14-42(47)44-20-18-39(26-49(44)60)53-34(5)23-31(2)24-35(53)6/h9-28H,1-8H3. The van der Waals surface area contributed by atoms with Crippen molar-refractivity contribution in [1.82, 2.24) is 24.1 Å². The maximum Gasteiger partial charge on any atom is 0.163 e. The van der Waals surface area contributed by atoms with Gasteiger partial charge in [-0.1, -0.05) is 96.1 Å². The number of aryl methyl sites for hydroxylation is 8. The lowest BCUT2D eigenvalue weighted by atomic mass is 9.93. The zero-order chi connectivity index (χ0) is 41.6. The molecule has 290 valence electrons. The normalized spacial score (nSPS) is 11.7. The first kappa shape index (κ1) is 36.9. The maximum atomic E-state index is 11.6. The molecule has 0 spiro atoms. The first-order valence-corrected chi connectivity index (χ1v) is 20.5. The third-order valence-electron chi connectivity index (χ3n) is 12.1. The Morgan fingerprint density at radius 2 is 0.817 bits per heavy atom. The highest BCUT2D eigenvalue weighted by atomic mass is 15.0. The molecule has 0 saturated heterocycles. The summed E-state index contributed by atoms with van der Waals surface area (Å²) in [6.45, 7) is 16.9. The number of para-hydroxylation sites is 2. The van der Waals surface area contributed by atoms with Crippen molar-refractivity contribution >= 4 is 43.6 Å². The SMILES string of the molecule is Cc1cc(C)c(-c2ccc3c4ccccc4n(-c4cc(-c5nc(C)nc(C)n5)cc(-n5c6ccccc6c6ccc(-c7c(C)cc(C)cc7C)cc65)c4C#N)c3c2)c(C)c1. The van der Waals surface area contributed by atoms with E-state index in [1.54, 1.807) is 0 Å². The molecular weight excluding hydrogens is 733 g/mol. The highest BCUT2D eigenvalue weighted by molar-refractivity contribution is 6.12. The second-order valence-electron chi connectivity index (χ2n) is 16.5. The lowest BCUT2D eigenvalue weighted by Gasteiger charge is -2.19. The van der Waals surface area contributed by atoms with Gasteiger partial charge in [0.15, 0.2) is 5.82 Å². The molecule has 0 aliphatic rings. The minimum Gasteiger partial charge on any atom is -0.308 e. The van der Waals surface area contributed by atoms with E-state index < -0.39 is 0 Å². The Labute approximate surface area is 350 Å². The van der Waals surface area contributed by atoms with E-state index in [1.807, 2.05) is 13.8 Å². The quantitative estimate of drug-likeness (QED) is 0.174. The van der Waals surface area contributed by atoms with Crippen molar-refractivity contribution in [3.05, 3.63) is 172 Å². The first-order valence-electron chi connectivity index (χ1n) is 20.5. The van der Waals surface area contributed by atoms with E-state index in [0.29, 0.717) is 23.0 Å². The Hall–Kier alpha value is -7.36. The van der Waals surface area contributed by atoms with Crippen LogP contribution in [0.5, 0.6) is 0 Å². The molecule has 0 bridgehead atoms. The number of rotatable bonds is 5. The van der Waals surface area contributed by atoms with Crippen LogP contribution in [0.25, 0.3) is 88.6 Å². The lowest BCUT2D eigenvalue weighted by Crippen LogP contribution is -2.07. The second-order valence-corrected chi connectivity index (χ2v) is 16.5. The van der Waals surface area contributed by atoms with E-state index in [0.717, 1.165) is 71.7 Å². The van der Waals surface area contributed by atoms with Crippen LogP contribution in [0.1, 0.15) is 50.6 Å². The monoisotopic (exact) mass is 776 g/mol. The van der Waals surface area contributed by atoms with Crippen LogP contribution in [0.4, 0.5) is 0 Å². The van der Waals surface area contributed by atoms with Gasteiger partial charge in [0.05, 0.1) is 33.4 Å². The third-order valence-corrected chi connectivity index (χ3v) is 12.1. The Kier molecular flexibility index (Phi) is 8.55. The van der Waals surface area contributed by atoms with Crippen molar-refractivity contribution in [3.63, 3.8) is 0 Å². The van der Waals surface area contributed by atoms with Crippen LogP contribution in [0.2, 0.25) is 0 Å². The molecule has 10 aromatic rings. The minimum absolute atomic E-state index is 0.549. The summed E-state index contributed by atoms with van der Waals surface area (Å²) < 4.78 is 4.55. The van der Waals surface area contributed by atoms with Crippen LogP contribution in [0.15, 0.2) is 121 Å². The van der Waals surface area contributed by atoms with Crippen LogP contribution < -0.4 is 0 Å². The van der Waals surface area contributed by atoms with Crippen LogP contribution in [-0.2, 0) is 0 Å². The summed E-state index contributed by atoms with van der Waals surface area (Å²) >= 11 is 0. The number of benzene rings is 7. The molecule has 6 nitrogen and oxygen atoms in total. The smallest absolute Gasteiger partial charge is 0.163 e. The van der Waals surface area contributed by atoms with Gasteiger partial charge in [-0.2, -0.15) is 5.26 Å². The van der Waals surface area contributed by atoms with Gasteiger partial charge in [-0.15, -0.1) is 0 Å². The first-order chi connectivity index (χ1) is 29.0. The number of nitriles is 1. The van der Waals surface area contributed by atoms with Crippen LogP contribution >= 0.6 is 0 Å². The molecule has 0 aliphatic carbocycles. The average molecular weight is 777 g/mol. The Morgan fingerprint density at radius 1 is 0.417 bits per heavy atom. The minimum atomic E-state index is 0.549. The predicted molar refractivity (Wildman–Crippen MR) is 247 cm³/mol.